The molecule has 0 aromatic heterocycles. The lowest BCUT2D eigenvalue weighted by Crippen LogP contribution is -2.60. The van der Waals surface area contributed by atoms with Crippen LogP contribution >= 0.6 is 11.6 Å². The van der Waals surface area contributed by atoms with Gasteiger partial charge in [0.15, 0.2) is 0 Å². The number of cyclic esters (lactones) is 1. The minimum absolute atomic E-state index is 0.0542. The second-order valence-corrected chi connectivity index (χ2v) is 5.68. The maximum absolute atomic E-state index is 13.7. The molecular formula is C14H16ClFN2O2. The van der Waals surface area contributed by atoms with Gasteiger partial charge in [-0.2, -0.15) is 0 Å². The number of benzene rings is 1. The summed E-state index contributed by atoms with van der Waals surface area (Å²) in [7, 11) is 0. The number of hydrogen-bond donors (Lipinski definition) is 1. The van der Waals surface area contributed by atoms with Crippen molar-refractivity contribution < 1.29 is 13.9 Å². The van der Waals surface area contributed by atoms with Gasteiger partial charge in [-0.25, -0.2) is 9.18 Å². The molecule has 0 atom stereocenters. The number of carbonyl (C=O) groups is 1. The first-order chi connectivity index (χ1) is 9.62. The third-order valence-corrected chi connectivity index (χ3v) is 4.45. The predicted octanol–water partition coefficient (Wildman–Crippen LogP) is 2.95. The van der Waals surface area contributed by atoms with Gasteiger partial charge in [0.05, 0.1) is 22.9 Å². The fraction of sp³-hybridized carbons (Fsp3) is 0.500. The molecule has 1 N–H and O–H groups in total. The topological polar surface area (TPSA) is 41.6 Å². The zero-order valence-electron chi connectivity index (χ0n) is 11.0. The number of anilines is 1. The van der Waals surface area contributed by atoms with Gasteiger partial charge in [0.25, 0.3) is 0 Å². The molecule has 0 bridgehead atoms. The SMILES string of the molecule is O=C1OCCC2(CCNCC2)N1c1ccc(Cl)c(F)c1. The van der Waals surface area contributed by atoms with E-state index in [1.54, 1.807) is 11.0 Å². The van der Waals surface area contributed by atoms with Gasteiger partial charge in [0, 0.05) is 6.42 Å². The van der Waals surface area contributed by atoms with Gasteiger partial charge in [-0.05, 0) is 44.1 Å². The third kappa shape index (κ3) is 2.25. The van der Waals surface area contributed by atoms with Crippen molar-refractivity contribution in [1.82, 2.24) is 5.32 Å². The number of piperidine rings is 1. The van der Waals surface area contributed by atoms with E-state index in [1.165, 1.54) is 12.1 Å². The van der Waals surface area contributed by atoms with Gasteiger partial charge in [0.2, 0.25) is 0 Å². The highest BCUT2D eigenvalue weighted by Crippen LogP contribution is 2.38. The average Bonchev–Trinajstić information content (AvgIpc) is 2.43. The summed E-state index contributed by atoms with van der Waals surface area (Å²) in [4.78, 5) is 13.8. The van der Waals surface area contributed by atoms with Crippen LogP contribution in [-0.2, 0) is 4.74 Å². The lowest BCUT2D eigenvalue weighted by molar-refractivity contribution is 0.0953. The molecule has 3 rings (SSSR count). The highest BCUT2D eigenvalue weighted by atomic mass is 35.5. The average molecular weight is 299 g/mol. The minimum Gasteiger partial charge on any atom is -0.449 e. The Morgan fingerprint density at radius 1 is 1.30 bits per heavy atom. The van der Waals surface area contributed by atoms with E-state index < -0.39 is 11.9 Å². The molecule has 2 aliphatic rings. The van der Waals surface area contributed by atoms with Crippen LogP contribution in [0.5, 0.6) is 0 Å². The van der Waals surface area contributed by atoms with Crippen LogP contribution in [0.25, 0.3) is 0 Å². The Kier molecular flexibility index (Phi) is 3.56. The fourth-order valence-electron chi connectivity index (χ4n) is 3.07. The van der Waals surface area contributed by atoms with Gasteiger partial charge in [0.1, 0.15) is 5.82 Å². The largest absolute Gasteiger partial charge is 0.449 e. The molecule has 2 fully saturated rings. The van der Waals surface area contributed by atoms with Crippen molar-refractivity contribution in [3.05, 3.63) is 29.0 Å². The lowest BCUT2D eigenvalue weighted by atomic mass is 9.82. The number of carbonyl (C=O) groups excluding carboxylic acids is 1. The van der Waals surface area contributed by atoms with E-state index in [0.29, 0.717) is 12.3 Å². The van der Waals surface area contributed by atoms with E-state index in [0.717, 1.165) is 32.4 Å². The van der Waals surface area contributed by atoms with Crippen LogP contribution < -0.4 is 10.2 Å². The van der Waals surface area contributed by atoms with Gasteiger partial charge in [-0.15, -0.1) is 0 Å². The standard InChI is InChI=1S/C14H16ClFN2O2/c15-11-2-1-10(9-12(11)16)18-13(19)20-8-5-14(18)3-6-17-7-4-14/h1-2,9,17H,3-8H2. The summed E-state index contributed by atoms with van der Waals surface area (Å²) in [5.74, 6) is -0.522. The molecule has 6 heteroatoms. The quantitative estimate of drug-likeness (QED) is 0.867. The normalized spacial score (nSPS) is 21.9. The first-order valence-corrected chi connectivity index (χ1v) is 7.13. The van der Waals surface area contributed by atoms with Crippen LogP contribution in [0.15, 0.2) is 18.2 Å². The number of hydrogen-bond acceptors (Lipinski definition) is 3. The number of nitrogens with one attached hydrogen (secondary N) is 1. The Bertz CT molecular complexity index is 526. The maximum atomic E-state index is 13.7. The number of nitrogens with zero attached hydrogens (tertiary/aromatic N) is 1. The molecule has 108 valence electrons. The highest BCUT2D eigenvalue weighted by Gasteiger charge is 2.45. The summed E-state index contributed by atoms with van der Waals surface area (Å²) in [5, 5.41) is 3.34. The molecule has 2 saturated heterocycles. The summed E-state index contributed by atoms with van der Waals surface area (Å²) in [6, 6.07) is 4.45. The van der Waals surface area contributed by atoms with Gasteiger partial charge < -0.3 is 10.1 Å². The van der Waals surface area contributed by atoms with Crippen LogP contribution in [-0.4, -0.2) is 31.3 Å². The molecule has 4 nitrogen and oxygen atoms in total. The zero-order valence-corrected chi connectivity index (χ0v) is 11.8. The van der Waals surface area contributed by atoms with Crippen LogP contribution in [0, 0.1) is 5.82 Å². The summed E-state index contributed by atoms with van der Waals surface area (Å²) in [6.45, 7) is 2.12. The fourth-order valence-corrected chi connectivity index (χ4v) is 3.19. The third-order valence-electron chi connectivity index (χ3n) is 4.15. The van der Waals surface area contributed by atoms with Gasteiger partial charge in [-0.3, -0.25) is 4.90 Å². The molecule has 1 spiro atoms. The second-order valence-electron chi connectivity index (χ2n) is 5.27. The Morgan fingerprint density at radius 2 is 2.05 bits per heavy atom. The van der Waals surface area contributed by atoms with E-state index >= 15 is 0 Å². The van der Waals surface area contributed by atoms with E-state index in [4.69, 9.17) is 16.3 Å². The molecule has 1 aromatic rings. The molecule has 0 saturated carbocycles. The summed E-state index contributed by atoms with van der Waals surface area (Å²) < 4.78 is 18.8. The first kappa shape index (κ1) is 13.6. The van der Waals surface area contributed by atoms with Crippen molar-refractivity contribution in [2.75, 3.05) is 24.6 Å². The minimum atomic E-state index is -0.522. The number of ether oxygens (including phenoxy) is 1. The van der Waals surface area contributed by atoms with Crippen molar-refractivity contribution in [2.24, 2.45) is 0 Å². The van der Waals surface area contributed by atoms with Gasteiger partial charge >= 0.3 is 6.09 Å². The predicted molar refractivity (Wildman–Crippen MR) is 74.7 cm³/mol. The van der Waals surface area contributed by atoms with Crippen LogP contribution in [0.3, 0.4) is 0 Å². The second kappa shape index (κ2) is 5.22. The zero-order chi connectivity index (χ0) is 14.2. The van der Waals surface area contributed by atoms with Crippen molar-refractivity contribution in [3.63, 3.8) is 0 Å². The molecule has 0 radical (unpaired) electrons. The van der Waals surface area contributed by atoms with E-state index in [1.807, 2.05) is 0 Å². The van der Waals surface area contributed by atoms with E-state index in [2.05, 4.69) is 5.32 Å². The smallest absolute Gasteiger partial charge is 0.414 e. The molecule has 1 aromatic carbocycles. The highest BCUT2D eigenvalue weighted by molar-refractivity contribution is 6.30. The Morgan fingerprint density at radius 3 is 2.75 bits per heavy atom. The Hall–Kier alpha value is -1.33. The van der Waals surface area contributed by atoms with Crippen molar-refractivity contribution in [2.45, 2.75) is 24.8 Å². The number of halogens is 2. The van der Waals surface area contributed by atoms with Crippen LogP contribution in [0.2, 0.25) is 5.02 Å². The van der Waals surface area contributed by atoms with Crippen molar-refractivity contribution in [3.8, 4) is 0 Å². The summed E-state index contributed by atoms with van der Waals surface area (Å²) in [6.07, 6.45) is 2.04. The first-order valence-electron chi connectivity index (χ1n) is 6.75. The van der Waals surface area contributed by atoms with E-state index in [-0.39, 0.29) is 10.6 Å². The monoisotopic (exact) mass is 298 g/mol. The molecular weight excluding hydrogens is 283 g/mol. The Balaban J connectivity index is 2.01. The molecule has 2 heterocycles. The van der Waals surface area contributed by atoms with Gasteiger partial charge in [-0.1, -0.05) is 11.6 Å². The molecule has 20 heavy (non-hydrogen) atoms. The van der Waals surface area contributed by atoms with Crippen LogP contribution in [0.1, 0.15) is 19.3 Å². The summed E-state index contributed by atoms with van der Waals surface area (Å²) in [5.41, 5.74) is 0.236. The van der Waals surface area contributed by atoms with Crippen molar-refractivity contribution >= 4 is 23.4 Å². The molecule has 0 aliphatic carbocycles. The Labute approximate surface area is 121 Å². The number of rotatable bonds is 1. The molecule has 1 amide bonds. The number of amides is 1. The molecule has 2 aliphatic heterocycles. The lowest BCUT2D eigenvalue weighted by Gasteiger charge is -2.48. The van der Waals surface area contributed by atoms with E-state index in [9.17, 15) is 9.18 Å². The maximum Gasteiger partial charge on any atom is 0.414 e. The van der Waals surface area contributed by atoms with Crippen LogP contribution in [0.4, 0.5) is 14.9 Å². The summed E-state index contributed by atoms with van der Waals surface area (Å²) >= 11 is 5.71. The van der Waals surface area contributed by atoms with Crippen molar-refractivity contribution in [1.29, 1.82) is 0 Å². The molecule has 0 unspecified atom stereocenters.